The van der Waals surface area contributed by atoms with Crippen molar-refractivity contribution in [3.63, 3.8) is 0 Å². The number of hydrogen-bond acceptors (Lipinski definition) is 7. The van der Waals surface area contributed by atoms with Crippen LogP contribution in [0.25, 0.3) is 11.4 Å². The standard InChI is InChI=1S/C35H39FN6O4/c1-45-30-19-13-27(14-20-30)34-38-40-41(39-34)23-32(43)42(29-17-11-25(12-18-29)24-6-3-2-4-7-24)33(26-9-15-28(36)16-10-26)35(44)37-22-31-8-5-21-46-31/h9-20,24,31,33H,2-8,21-23H2,1H3,(H,37,44). The van der Waals surface area contributed by atoms with Crippen LogP contribution in [-0.2, 0) is 20.9 Å². The van der Waals surface area contributed by atoms with Gasteiger partial charge in [0.25, 0.3) is 5.91 Å². The Hall–Kier alpha value is -4.64. The summed E-state index contributed by atoms with van der Waals surface area (Å²) in [5.41, 5.74) is 2.95. The topological polar surface area (TPSA) is 111 Å². The van der Waals surface area contributed by atoms with E-state index in [9.17, 15) is 14.0 Å². The molecule has 2 heterocycles. The summed E-state index contributed by atoms with van der Waals surface area (Å²) in [6, 6.07) is 19.7. The van der Waals surface area contributed by atoms with Gasteiger partial charge in [-0.1, -0.05) is 43.5 Å². The van der Waals surface area contributed by atoms with E-state index in [1.165, 1.54) is 58.8 Å². The molecular weight excluding hydrogens is 587 g/mol. The van der Waals surface area contributed by atoms with Gasteiger partial charge in [-0.3, -0.25) is 14.5 Å². The van der Waals surface area contributed by atoms with E-state index in [2.05, 4.69) is 20.7 Å². The molecule has 0 bridgehead atoms. The van der Waals surface area contributed by atoms with Crippen LogP contribution in [0.1, 0.15) is 68.0 Å². The van der Waals surface area contributed by atoms with Gasteiger partial charge in [-0.25, -0.2) is 4.39 Å². The van der Waals surface area contributed by atoms with Crippen LogP contribution in [0.4, 0.5) is 10.1 Å². The Bertz CT molecular complexity index is 1600. The number of amides is 2. The van der Waals surface area contributed by atoms with E-state index in [0.29, 0.717) is 47.5 Å². The van der Waals surface area contributed by atoms with Crippen LogP contribution in [-0.4, -0.2) is 58.4 Å². The lowest BCUT2D eigenvalue weighted by atomic mass is 9.84. The highest BCUT2D eigenvalue weighted by Gasteiger charge is 2.34. The molecule has 1 aliphatic heterocycles. The summed E-state index contributed by atoms with van der Waals surface area (Å²) in [5, 5.41) is 15.7. The fraction of sp³-hybridized carbons (Fsp3) is 0.400. The Kier molecular flexibility index (Phi) is 9.97. The van der Waals surface area contributed by atoms with Gasteiger partial charge in [0.15, 0.2) is 0 Å². The van der Waals surface area contributed by atoms with Crippen LogP contribution >= 0.6 is 0 Å². The smallest absolute Gasteiger partial charge is 0.251 e. The zero-order valence-corrected chi connectivity index (χ0v) is 26.0. The average Bonchev–Trinajstić information content (AvgIpc) is 3.80. The predicted molar refractivity (Wildman–Crippen MR) is 171 cm³/mol. The number of methoxy groups -OCH3 is 1. The molecule has 0 spiro atoms. The van der Waals surface area contributed by atoms with E-state index in [0.717, 1.165) is 25.7 Å². The minimum Gasteiger partial charge on any atom is -0.497 e. The van der Waals surface area contributed by atoms with E-state index in [1.807, 2.05) is 36.4 Å². The van der Waals surface area contributed by atoms with Crippen molar-refractivity contribution in [1.29, 1.82) is 0 Å². The highest BCUT2D eigenvalue weighted by atomic mass is 19.1. The Labute approximate surface area is 267 Å². The van der Waals surface area contributed by atoms with Crippen molar-refractivity contribution in [2.75, 3.05) is 25.2 Å². The van der Waals surface area contributed by atoms with Crippen molar-refractivity contribution in [3.8, 4) is 17.1 Å². The molecule has 46 heavy (non-hydrogen) atoms. The van der Waals surface area contributed by atoms with Gasteiger partial charge < -0.3 is 14.8 Å². The third kappa shape index (κ3) is 7.42. The van der Waals surface area contributed by atoms with E-state index < -0.39 is 23.7 Å². The monoisotopic (exact) mass is 626 g/mol. The number of halogens is 1. The number of anilines is 1. The number of nitrogens with one attached hydrogen (secondary N) is 1. The van der Waals surface area contributed by atoms with E-state index in [-0.39, 0.29) is 12.6 Å². The number of nitrogens with zero attached hydrogens (tertiary/aromatic N) is 5. The van der Waals surface area contributed by atoms with Crippen LogP contribution < -0.4 is 15.0 Å². The van der Waals surface area contributed by atoms with Gasteiger partial charge in [0, 0.05) is 24.4 Å². The van der Waals surface area contributed by atoms with Crippen LogP contribution in [0.2, 0.25) is 0 Å². The van der Waals surface area contributed by atoms with E-state index in [4.69, 9.17) is 9.47 Å². The Morgan fingerprint density at radius 1 is 0.978 bits per heavy atom. The first-order chi connectivity index (χ1) is 22.5. The molecule has 3 aromatic carbocycles. The number of rotatable bonds is 11. The molecule has 2 aliphatic rings. The quantitative estimate of drug-likeness (QED) is 0.231. The lowest BCUT2D eigenvalue weighted by molar-refractivity contribution is -0.127. The Morgan fingerprint density at radius 2 is 1.72 bits per heavy atom. The molecule has 4 aromatic rings. The highest BCUT2D eigenvalue weighted by Crippen LogP contribution is 2.35. The molecule has 2 fully saturated rings. The normalized spacial score (nSPS) is 17.4. The first-order valence-corrected chi connectivity index (χ1v) is 16.0. The summed E-state index contributed by atoms with van der Waals surface area (Å²) >= 11 is 0. The molecule has 6 rings (SSSR count). The molecule has 1 aliphatic carbocycles. The van der Waals surface area contributed by atoms with Gasteiger partial charge in [0.05, 0.1) is 13.2 Å². The van der Waals surface area contributed by atoms with Crippen LogP contribution in [0, 0.1) is 5.82 Å². The van der Waals surface area contributed by atoms with Gasteiger partial charge in [-0.05, 0) is 96.5 Å². The molecule has 0 radical (unpaired) electrons. The third-order valence-electron chi connectivity index (χ3n) is 8.81. The molecular formula is C35H39FN6O4. The summed E-state index contributed by atoms with van der Waals surface area (Å²) in [5.74, 6) is 0.271. The van der Waals surface area contributed by atoms with Gasteiger partial charge in [0.2, 0.25) is 11.7 Å². The van der Waals surface area contributed by atoms with Crippen molar-refractivity contribution in [2.45, 2.75) is 69.6 Å². The summed E-state index contributed by atoms with van der Waals surface area (Å²) < 4.78 is 25.0. The maximum absolute atomic E-state index is 14.3. The predicted octanol–water partition coefficient (Wildman–Crippen LogP) is 5.61. The largest absolute Gasteiger partial charge is 0.497 e. The fourth-order valence-corrected chi connectivity index (χ4v) is 6.32. The lowest BCUT2D eigenvalue weighted by Gasteiger charge is -2.32. The minimum atomic E-state index is -1.08. The second kappa shape index (κ2) is 14.6. The Morgan fingerprint density at radius 3 is 2.39 bits per heavy atom. The second-order valence-electron chi connectivity index (χ2n) is 11.9. The Balaban J connectivity index is 1.32. The second-order valence-corrected chi connectivity index (χ2v) is 11.9. The molecule has 1 saturated carbocycles. The summed E-state index contributed by atoms with van der Waals surface area (Å²) in [7, 11) is 1.59. The molecule has 1 N–H and O–H groups in total. The summed E-state index contributed by atoms with van der Waals surface area (Å²) in [4.78, 5) is 31.0. The number of carbonyl (C=O) groups is 2. The fourth-order valence-electron chi connectivity index (χ4n) is 6.32. The molecule has 10 nitrogen and oxygen atoms in total. The molecule has 1 saturated heterocycles. The van der Waals surface area contributed by atoms with Crippen molar-refractivity contribution < 1.29 is 23.5 Å². The van der Waals surface area contributed by atoms with Gasteiger partial charge >= 0.3 is 0 Å². The molecule has 1 aromatic heterocycles. The highest BCUT2D eigenvalue weighted by molar-refractivity contribution is 6.01. The number of hydrogen-bond donors (Lipinski definition) is 1. The number of benzene rings is 3. The summed E-state index contributed by atoms with van der Waals surface area (Å²) in [6.45, 7) is 0.697. The maximum Gasteiger partial charge on any atom is 0.251 e. The van der Waals surface area contributed by atoms with Crippen molar-refractivity contribution in [1.82, 2.24) is 25.5 Å². The number of carbonyl (C=O) groups excluding carboxylic acids is 2. The van der Waals surface area contributed by atoms with Gasteiger partial charge in [-0.15, -0.1) is 10.2 Å². The van der Waals surface area contributed by atoms with Crippen LogP contribution in [0.3, 0.4) is 0 Å². The van der Waals surface area contributed by atoms with Crippen molar-refractivity contribution >= 4 is 17.5 Å². The number of tetrazole rings is 1. The number of aromatic nitrogens is 4. The minimum absolute atomic E-state index is 0.0903. The summed E-state index contributed by atoms with van der Waals surface area (Å²) in [6.07, 6.45) is 7.64. The van der Waals surface area contributed by atoms with Crippen LogP contribution in [0.5, 0.6) is 5.75 Å². The first kappa shape index (κ1) is 31.3. The van der Waals surface area contributed by atoms with Crippen molar-refractivity contribution in [3.05, 3.63) is 89.7 Å². The van der Waals surface area contributed by atoms with E-state index >= 15 is 0 Å². The first-order valence-electron chi connectivity index (χ1n) is 16.0. The molecule has 11 heteroatoms. The SMILES string of the molecule is COc1ccc(-c2nnn(CC(=O)N(c3ccc(C4CCCCC4)cc3)C(C(=O)NCC3CCCO3)c3ccc(F)cc3)n2)cc1. The van der Waals surface area contributed by atoms with E-state index in [1.54, 1.807) is 19.2 Å². The molecule has 2 amide bonds. The zero-order valence-electron chi connectivity index (χ0n) is 26.0. The van der Waals surface area contributed by atoms with Gasteiger partial charge in [-0.2, -0.15) is 4.80 Å². The molecule has 2 atom stereocenters. The zero-order chi connectivity index (χ0) is 31.9. The number of ether oxygens (including phenoxy) is 2. The van der Waals surface area contributed by atoms with Crippen molar-refractivity contribution in [2.24, 2.45) is 0 Å². The maximum atomic E-state index is 14.3. The lowest BCUT2D eigenvalue weighted by Crippen LogP contribution is -2.46. The van der Waals surface area contributed by atoms with Crippen LogP contribution in [0.15, 0.2) is 72.8 Å². The molecule has 240 valence electrons. The molecule has 2 unspecified atom stereocenters. The third-order valence-corrected chi connectivity index (χ3v) is 8.81. The average molecular weight is 627 g/mol. The van der Waals surface area contributed by atoms with Gasteiger partial charge in [0.1, 0.15) is 24.2 Å².